The first-order valence-electron chi connectivity index (χ1n) is 13.5. The summed E-state index contributed by atoms with van der Waals surface area (Å²) in [6.07, 6.45) is 9.00. The summed E-state index contributed by atoms with van der Waals surface area (Å²) in [4.78, 5) is 5.46. The van der Waals surface area contributed by atoms with Crippen molar-refractivity contribution in [2.24, 2.45) is 5.92 Å². The summed E-state index contributed by atoms with van der Waals surface area (Å²) in [5.41, 5.74) is 3.39. The monoisotopic (exact) mass is 510 g/mol. The van der Waals surface area contributed by atoms with Crippen LogP contribution in [0.1, 0.15) is 68.1 Å². The van der Waals surface area contributed by atoms with Gasteiger partial charge in [0, 0.05) is 52.7 Å². The van der Waals surface area contributed by atoms with Crippen molar-refractivity contribution in [3.8, 4) is 0 Å². The summed E-state index contributed by atoms with van der Waals surface area (Å²) in [6.45, 7) is 6.13. The molecular weight excluding hydrogens is 474 g/mol. The third kappa shape index (κ3) is 4.70. The van der Waals surface area contributed by atoms with Crippen molar-refractivity contribution in [3.63, 3.8) is 0 Å². The van der Waals surface area contributed by atoms with Crippen LogP contribution in [0.4, 0.5) is 8.78 Å². The van der Waals surface area contributed by atoms with Crippen LogP contribution in [-0.4, -0.2) is 58.0 Å². The van der Waals surface area contributed by atoms with Crippen molar-refractivity contribution in [1.29, 1.82) is 0 Å². The molecule has 0 bridgehead atoms. The molecule has 2 atom stereocenters. The van der Waals surface area contributed by atoms with Gasteiger partial charge in [0.05, 0.1) is 11.7 Å². The molecular formula is C29H36F2N4S. The van der Waals surface area contributed by atoms with Crippen molar-refractivity contribution in [2.45, 2.75) is 74.1 Å². The minimum atomic E-state index is -0.407. The standard InChI is InChI=1S/C29H36F2N4S/c1-3-4-5-10-35-15-20(16-35)36-19-12-24(30)29(25(31)13-19)28-21-8-9-26-22(14-32-33-26)23(21)17-34(2)27(28)11-18-6-7-18/h8-9,12-14,18,20,27-28H,3-7,10-11,15-17H2,1-2H3,(H,32,33)/t27-,28+/m0/s1. The molecule has 4 nitrogen and oxygen atoms in total. The average molecular weight is 511 g/mol. The Hall–Kier alpha value is -1.96. The van der Waals surface area contributed by atoms with E-state index in [2.05, 4.69) is 40.0 Å². The summed E-state index contributed by atoms with van der Waals surface area (Å²) in [7, 11) is 2.10. The largest absolute Gasteiger partial charge is 0.301 e. The molecule has 3 heterocycles. The fourth-order valence-corrected chi connectivity index (χ4v) is 7.53. The zero-order chi connectivity index (χ0) is 24.8. The van der Waals surface area contributed by atoms with Crippen molar-refractivity contribution in [1.82, 2.24) is 20.0 Å². The lowest BCUT2D eigenvalue weighted by molar-refractivity contribution is 0.177. The van der Waals surface area contributed by atoms with Gasteiger partial charge in [0.15, 0.2) is 0 Å². The van der Waals surface area contributed by atoms with Crippen LogP contribution in [0.3, 0.4) is 0 Å². The molecule has 3 aromatic rings. The molecule has 1 N–H and O–H groups in total. The second kappa shape index (κ2) is 10.1. The van der Waals surface area contributed by atoms with Crippen LogP contribution in [-0.2, 0) is 6.54 Å². The van der Waals surface area contributed by atoms with E-state index in [1.54, 1.807) is 23.9 Å². The van der Waals surface area contributed by atoms with Crippen LogP contribution in [0, 0.1) is 17.6 Å². The van der Waals surface area contributed by atoms with Gasteiger partial charge in [-0.2, -0.15) is 5.10 Å². The Morgan fingerprint density at radius 1 is 1.11 bits per heavy atom. The highest BCUT2D eigenvalue weighted by atomic mass is 32.2. The summed E-state index contributed by atoms with van der Waals surface area (Å²) in [6, 6.07) is 7.33. The molecule has 1 saturated carbocycles. The molecule has 192 valence electrons. The summed E-state index contributed by atoms with van der Waals surface area (Å²) in [5, 5.41) is 8.74. The Morgan fingerprint density at radius 2 is 1.89 bits per heavy atom. The first kappa shape index (κ1) is 24.4. The average Bonchev–Trinajstić information content (AvgIpc) is 3.51. The van der Waals surface area contributed by atoms with E-state index in [1.807, 2.05) is 12.3 Å². The predicted octanol–water partition coefficient (Wildman–Crippen LogP) is 6.55. The number of rotatable bonds is 9. The number of hydrogen-bond donors (Lipinski definition) is 1. The third-order valence-corrected chi connectivity index (χ3v) is 9.54. The maximum Gasteiger partial charge on any atom is 0.131 e. The number of halogens is 2. The molecule has 2 aromatic carbocycles. The number of aromatic amines is 1. The summed E-state index contributed by atoms with van der Waals surface area (Å²) >= 11 is 1.62. The van der Waals surface area contributed by atoms with E-state index in [0.717, 1.165) is 54.6 Å². The van der Waals surface area contributed by atoms with Crippen LogP contribution in [0.25, 0.3) is 10.9 Å². The normalized spacial score (nSPS) is 23.2. The second-order valence-electron chi connectivity index (χ2n) is 11.1. The van der Waals surface area contributed by atoms with Gasteiger partial charge < -0.3 is 4.90 Å². The predicted molar refractivity (Wildman–Crippen MR) is 143 cm³/mol. The Balaban J connectivity index is 1.29. The number of nitrogens with one attached hydrogen (secondary N) is 1. The minimum absolute atomic E-state index is 0.0835. The van der Waals surface area contributed by atoms with Crippen molar-refractivity contribution < 1.29 is 8.78 Å². The van der Waals surface area contributed by atoms with E-state index >= 15 is 8.78 Å². The van der Waals surface area contributed by atoms with Crippen LogP contribution in [0.5, 0.6) is 0 Å². The van der Waals surface area contributed by atoms with Gasteiger partial charge in [-0.05, 0) is 61.7 Å². The third-order valence-electron chi connectivity index (χ3n) is 8.41. The second-order valence-corrected chi connectivity index (χ2v) is 12.5. The molecule has 1 aromatic heterocycles. The number of hydrogen-bond acceptors (Lipinski definition) is 4. The van der Waals surface area contributed by atoms with Gasteiger partial charge in [0.25, 0.3) is 0 Å². The number of nitrogens with zero attached hydrogens (tertiary/aromatic N) is 3. The number of thioether (sulfide) groups is 1. The van der Waals surface area contributed by atoms with Gasteiger partial charge in [-0.1, -0.05) is 38.7 Å². The molecule has 0 radical (unpaired) electrons. The Labute approximate surface area is 216 Å². The minimum Gasteiger partial charge on any atom is -0.301 e. The maximum atomic E-state index is 15.9. The van der Waals surface area contributed by atoms with Crippen molar-refractivity contribution >= 4 is 22.7 Å². The van der Waals surface area contributed by atoms with E-state index < -0.39 is 11.6 Å². The molecule has 2 aliphatic heterocycles. The molecule has 36 heavy (non-hydrogen) atoms. The smallest absolute Gasteiger partial charge is 0.131 e. The highest BCUT2D eigenvalue weighted by Gasteiger charge is 2.41. The maximum absolute atomic E-state index is 15.9. The number of likely N-dealkylation sites (tertiary alicyclic amines) is 1. The summed E-state index contributed by atoms with van der Waals surface area (Å²) in [5.74, 6) is -0.471. The molecule has 3 aliphatic rings. The first-order valence-corrected chi connectivity index (χ1v) is 14.4. The van der Waals surface area contributed by atoms with Crippen LogP contribution >= 0.6 is 11.8 Å². The van der Waals surface area contributed by atoms with E-state index in [0.29, 0.717) is 16.1 Å². The van der Waals surface area contributed by atoms with Gasteiger partial charge >= 0.3 is 0 Å². The Morgan fingerprint density at radius 3 is 2.61 bits per heavy atom. The van der Waals surface area contributed by atoms with E-state index in [1.165, 1.54) is 32.1 Å². The molecule has 0 amide bonds. The zero-order valence-electron chi connectivity index (χ0n) is 21.3. The molecule has 2 fully saturated rings. The van der Waals surface area contributed by atoms with Gasteiger partial charge in [-0.15, -0.1) is 11.8 Å². The molecule has 7 heteroatoms. The number of benzene rings is 2. The van der Waals surface area contributed by atoms with Gasteiger partial charge in [-0.3, -0.25) is 10.00 Å². The SMILES string of the molecule is CCCCCN1CC(Sc2cc(F)c([C@@H]3c4ccc5[nH]ncc5c4CN(C)[C@H]3CC3CC3)c(F)c2)C1. The number of unbranched alkanes of at least 4 members (excludes halogenated alkanes) is 2. The molecule has 0 spiro atoms. The Kier molecular flexibility index (Phi) is 6.82. The number of likely N-dealkylation sites (N-methyl/N-ethyl adjacent to an activating group) is 1. The highest BCUT2D eigenvalue weighted by Crippen LogP contribution is 2.47. The Bertz CT molecular complexity index is 1210. The lowest BCUT2D eigenvalue weighted by Gasteiger charge is -2.42. The molecule has 1 saturated heterocycles. The van der Waals surface area contributed by atoms with E-state index in [-0.39, 0.29) is 17.5 Å². The molecule has 1 aliphatic carbocycles. The first-order chi connectivity index (χ1) is 17.5. The quantitative estimate of drug-likeness (QED) is 0.331. The van der Waals surface area contributed by atoms with Crippen LogP contribution in [0.2, 0.25) is 0 Å². The van der Waals surface area contributed by atoms with Crippen molar-refractivity contribution in [3.05, 3.63) is 58.8 Å². The highest BCUT2D eigenvalue weighted by molar-refractivity contribution is 8.00. The lowest BCUT2D eigenvalue weighted by atomic mass is 9.76. The fraction of sp³-hybridized carbons (Fsp3) is 0.552. The number of H-pyrrole nitrogens is 1. The van der Waals surface area contributed by atoms with E-state index in [4.69, 9.17) is 0 Å². The van der Waals surface area contributed by atoms with E-state index in [9.17, 15) is 0 Å². The van der Waals surface area contributed by atoms with Crippen molar-refractivity contribution in [2.75, 3.05) is 26.7 Å². The number of fused-ring (bicyclic) bond motifs is 3. The van der Waals surface area contributed by atoms with Gasteiger partial charge in [-0.25, -0.2) is 8.78 Å². The van der Waals surface area contributed by atoms with Crippen LogP contribution < -0.4 is 0 Å². The fourth-order valence-electron chi connectivity index (χ4n) is 6.23. The molecule has 6 rings (SSSR count). The lowest BCUT2D eigenvalue weighted by Crippen LogP contribution is -2.49. The van der Waals surface area contributed by atoms with Crippen LogP contribution in [0.15, 0.2) is 35.4 Å². The topological polar surface area (TPSA) is 35.2 Å². The zero-order valence-corrected chi connectivity index (χ0v) is 22.1. The summed E-state index contributed by atoms with van der Waals surface area (Å²) < 4.78 is 31.7. The number of aromatic nitrogens is 2. The van der Waals surface area contributed by atoms with Gasteiger partial charge in [0.1, 0.15) is 11.6 Å². The molecule has 0 unspecified atom stereocenters. The van der Waals surface area contributed by atoms with Gasteiger partial charge in [0.2, 0.25) is 0 Å².